The Morgan fingerprint density at radius 1 is 1.20 bits per heavy atom. The summed E-state index contributed by atoms with van der Waals surface area (Å²) in [5.74, 6) is -0.207. The molecule has 0 radical (unpaired) electrons. The van der Waals surface area contributed by atoms with E-state index in [0.29, 0.717) is 29.5 Å². The van der Waals surface area contributed by atoms with E-state index in [1.807, 2.05) is 0 Å². The molecule has 1 N–H and O–H groups in total. The van der Waals surface area contributed by atoms with Crippen molar-refractivity contribution in [1.29, 1.82) is 0 Å². The SMILES string of the molecule is COc1ccc(C=CC(=O)Nc2cccc(Cl)c2Cl)cc1S(=O)(=O)N1CCOCC1. The third-order valence-electron chi connectivity index (χ3n) is 4.41. The molecule has 160 valence electrons. The van der Waals surface area contributed by atoms with Crippen molar-refractivity contribution in [1.82, 2.24) is 4.31 Å². The summed E-state index contributed by atoms with van der Waals surface area (Å²) in [6.07, 6.45) is 2.79. The minimum absolute atomic E-state index is 0.0346. The maximum atomic E-state index is 13.0. The molecule has 1 aliphatic rings. The van der Waals surface area contributed by atoms with Crippen LogP contribution in [0.2, 0.25) is 10.0 Å². The van der Waals surface area contributed by atoms with E-state index in [1.165, 1.54) is 29.6 Å². The van der Waals surface area contributed by atoms with Gasteiger partial charge in [0.1, 0.15) is 10.6 Å². The largest absolute Gasteiger partial charge is 0.495 e. The first-order valence-corrected chi connectivity index (χ1v) is 11.2. The number of anilines is 1. The Morgan fingerprint density at radius 3 is 2.63 bits per heavy atom. The number of rotatable bonds is 6. The van der Waals surface area contributed by atoms with Gasteiger partial charge in [0.25, 0.3) is 0 Å². The second-order valence-corrected chi connectivity index (χ2v) is 9.04. The average molecular weight is 471 g/mol. The van der Waals surface area contributed by atoms with Crippen LogP contribution in [0.5, 0.6) is 5.75 Å². The number of carbonyl (C=O) groups is 1. The van der Waals surface area contributed by atoms with Crippen LogP contribution in [-0.2, 0) is 19.6 Å². The fourth-order valence-corrected chi connectivity index (χ4v) is 4.82. The molecule has 1 aliphatic heterocycles. The van der Waals surface area contributed by atoms with Gasteiger partial charge in [-0.15, -0.1) is 0 Å². The van der Waals surface area contributed by atoms with Gasteiger partial charge < -0.3 is 14.8 Å². The fourth-order valence-electron chi connectivity index (χ4n) is 2.87. The summed E-state index contributed by atoms with van der Waals surface area (Å²) in [6.45, 7) is 1.23. The summed E-state index contributed by atoms with van der Waals surface area (Å²) in [5, 5.41) is 3.20. The fraction of sp³-hybridized carbons (Fsp3) is 0.250. The maximum Gasteiger partial charge on any atom is 0.248 e. The van der Waals surface area contributed by atoms with Crippen molar-refractivity contribution in [3.63, 3.8) is 0 Å². The third kappa shape index (κ3) is 5.14. The molecule has 0 aromatic heterocycles. The number of halogens is 2. The van der Waals surface area contributed by atoms with E-state index in [-0.39, 0.29) is 28.8 Å². The van der Waals surface area contributed by atoms with Crippen molar-refractivity contribution in [2.24, 2.45) is 0 Å². The zero-order chi connectivity index (χ0) is 21.7. The molecule has 3 rings (SSSR count). The molecule has 1 fully saturated rings. The minimum atomic E-state index is -3.76. The molecule has 7 nitrogen and oxygen atoms in total. The molecule has 0 atom stereocenters. The lowest BCUT2D eigenvalue weighted by molar-refractivity contribution is -0.111. The lowest BCUT2D eigenvalue weighted by atomic mass is 10.2. The molecule has 0 aliphatic carbocycles. The Balaban J connectivity index is 1.82. The van der Waals surface area contributed by atoms with Crippen molar-refractivity contribution in [2.75, 3.05) is 38.7 Å². The number of ether oxygens (including phenoxy) is 2. The number of amides is 1. The number of nitrogens with one attached hydrogen (secondary N) is 1. The topological polar surface area (TPSA) is 84.9 Å². The lowest BCUT2D eigenvalue weighted by Gasteiger charge is -2.26. The van der Waals surface area contributed by atoms with Crippen molar-refractivity contribution in [3.8, 4) is 5.75 Å². The normalized spacial score (nSPS) is 15.3. The quantitative estimate of drug-likeness (QED) is 0.650. The van der Waals surface area contributed by atoms with Gasteiger partial charge in [0, 0.05) is 19.2 Å². The summed E-state index contributed by atoms with van der Waals surface area (Å²) in [4.78, 5) is 12.3. The molecule has 1 saturated heterocycles. The van der Waals surface area contributed by atoms with Gasteiger partial charge in [-0.2, -0.15) is 4.31 Å². The second kappa shape index (κ2) is 9.80. The van der Waals surface area contributed by atoms with E-state index >= 15 is 0 Å². The lowest BCUT2D eigenvalue weighted by Crippen LogP contribution is -2.40. The molecule has 0 saturated carbocycles. The Kier molecular flexibility index (Phi) is 7.38. The highest BCUT2D eigenvalue weighted by molar-refractivity contribution is 7.89. The summed E-state index contributed by atoms with van der Waals surface area (Å²) >= 11 is 12.0. The first-order chi connectivity index (χ1) is 14.3. The van der Waals surface area contributed by atoms with Gasteiger partial charge in [0.2, 0.25) is 15.9 Å². The first-order valence-electron chi connectivity index (χ1n) is 9.02. The third-order valence-corrected chi connectivity index (χ3v) is 7.15. The maximum absolute atomic E-state index is 13.0. The van der Waals surface area contributed by atoms with Gasteiger partial charge >= 0.3 is 0 Å². The van der Waals surface area contributed by atoms with Gasteiger partial charge in [0.05, 0.1) is 36.1 Å². The summed E-state index contributed by atoms with van der Waals surface area (Å²) in [5.41, 5.74) is 0.902. The van der Waals surface area contributed by atoms with Gasteiger partial charge in [-0.1, -0.05) is 35.3 Å². The Labute approximate surface area is 185 Å². The number of sulfonamides is 1. The van der Waals surface area contributed by atoms with E-state index in [1.54, 1.807) is 30.3 Å². The Hall–Kier alpha value is -2.10. The monoisotopic (exact) mass is 470 g/mol. The van der Waals surface area contributed by atoms with Gasteiger partial charge in [-0.3, -0.25) is 4.79 Å². The predicted molar refractivity (Wildman–Crippen MR) is 117 cm³/mol. The number of carbonyl (C=O) groups excluding carboxylic acids is 1. The van der Waals surface area contributed by atoms with Crippen LogP contribution in [0, 0.1) is 0 Å². The molecule has 0 spiro atoms. The number of benzene rings is 2. The number of hydrogen-bond donors (Lipinski definition) is 1. The molecule has 1 heterocycles. The van der Waals surface area contributed by atoms with Gasteiger partial charge in [-0.25, -0.2) is 8.42 Å². The highest BCUT2D eigenvalue weighted by Crippen LogP contribution is 2.30. The molecule has 2 aromatic rings. The van der Waals surface area contributed by atoms with Crippen LogP contribution in [0.3, 0.4) is 0 Å². The van der Waals surface area contributed by atoms with Crippen LogP contribution in [0.4, 0.5) is 5.69 Å². The summed E-state index contributed by atoms with van der Waals surface area (Å²) in [6, 6.07) is 9.59. The summed E-state index contributed by atoms with van der Waals surface area (Å²) < 4.78 is 37.9. The molecule has 2 aromatic carbocycles. The van der Waals surface area contributed by atoms with E-state index in [4.69, 9.17) is 32.7 Å². The van der Waals surface area contributed by atoms with Crippen LogP contribution >= 0.6 is 23.2 Å². The minimum Gasteiger partial charge on any atom is -0.495 e. The number of morpholine rings is 1. The number of nitrogens with zero attached hydrogens (tertiary/aromatic N) is 1. The van der Waals surface area contributed by atoms with Crippen molar-refractivity contribution in [3.05, 3.63) is 58.1 Å². The summed E-state index contributed by atoms with van der Waals surface area (Å²) in [7, 11) is -2.35. The zero-order valence-electron chi connectivity index (χ0n) is 16.1. The second-order valence-electron chi connectivity index (χ2n) is 6.35. The predicted octanol–water partition coefficient (Wildman–Crippen LogP) is 3.67. The molecular formula is C20H20Cl2N2O5S. The van der Waals surface area contributed by atoms with E-state index in [0.717, 1.165) is 0 Å². The van der Waals surface area contributed by atoms with Crippen LogP contribution < -0.4 is 10.1 Å². The highest BCUT2D eigenvalue weighted by atomic mass is 35.5. The van der Waals surface area contributed by atoms with Crippen molar-refractivity contribution >= 4 is 50.9 Å². The smallest absolute Gasteiger partial charge is 0.248 e. The van der Waals surface area contributed by atoms with E-state index < -0.39 is 15.9 Å². The van der Waals surface area contributed by atoms with Crippen LogP contribution in [0.25, 0.3) is 6.08 Å². The zero-order valence-corrected chi connectivity index (χ0v) is 18.4. The van der Waals surface area contributed by atoms with E-state index in [9.17, 15) is 13.2 Å². The van der Waals surface area contributed by atoms with Crippen LogP contribution in [0.1, 0.15) is 5.56 Å². The molecule has 0 bridgehead atoms. The molecule has 10 heteroatoms. The van der Waals surface area contributed by atoms with Gasteiger partial charge in [0.15, 0.2) is 0 Å². The van der Waals surface area contributed by atoms with Crippen molar-refractivity contribution in [2.45, 2.75) is 4.90 Å². The molecule has 30 heavy (non-hydrogen) atoms. The standard InChI is InChI=1S/C20H20Cl2N2O5S/c1-28-17-7-5-14(13-18(17)30(26,27)24-9-11-29-12-10-24)6-8-19(25)23-16-4-2-3-15(21)20(16)22/h2-8,13H,9-12H2,1H3,(H,23,25). The average Bonchev–Trinajstić information content (AvgIpc) is 2.76. The Morgan fingerprint density at radius 2 is 1.93 bits per heavy atom. The molecular weight excluding hydrogens is 451 g/mol. The van der Waals surface area contributed by atoms with E-state index in [2.05, 4.69) is 5.32 Å². The number of methoxy groups -OCH3 is 1. The molecule has 1 amide bonds. The van der Waals surface area contributed by atoms with Gasteiger partial charge in [-0.05, 0) is 35.9 Å². The highest BCUT2D eigenvalue weighted by Gasteiger charge is 2.29. The molecule has 0 unspecified atom stereocenters. The van der Waals surface area contributed by atoms with Crippen LogP contribution in [-0.4, -0.2) is 52.0 Å². The van der Waals surface area contributed by atoms with Crippen molar-refractivity contribution < 1.29 is 22.7 Å². The van der Waals surface area contributed by atoms with Crippen LogP contribution in [0.15, 0.2) is 47.4 Å². The number of hydrogen-bond acceptors (Lipinski definition) is 5. The Bertz CT molecular complexity index is 1070. The first kappa shape index (κ1) is 22.6.